The molecule has 0 aliphatic carbocycles. The average Bonchev–Trinajstić information content (AvgIpc) is 2.91. The molecule has 2 rings (SSSR count). The summed E-state index contributed by atoms with van der Waals surface area (Å²) in [5.74, 6) is -0.376. The Bertz CT molecular complexity index is 644. The number of nitrogens with zero attached hydrogens (tertiary/aromatic N) is 1. The van der Waals surface area contributed by atoms with E-state index in [1.165, 1.54) is 4.88 Å². The summed E-state index contributed by atoms with van der Waals surface area (Å²) >= 11 is 5.12. The van der Waals surface area contributed by atoms with Gasteiger partial charge < -0.3 is 15.4 Å². The molecule has 1 aromatic heterocycles. The summed E-state index contributed by atoms with van der Waals surface area (Å²) < 4.78 is 6.25. The van der Waals surface area contributed by atoms with Gasteiger partial charge >= 0.3 is 12.0 Å². The molecule has 6 nitrogen and oxygen atoms in total. The Balaban J connectivity index is 2.19. The first-order valence-corrected chi connectivity index (χ1v) is 9.46. The molecule has 0 fully saturated rings. The number of amides is 2. The highest BCUT2D eigenvalue weighted by atomic mass is 79.9. The molecule has 1 atom stereocenters. The fourth-order valence-electron chi connectivity index (χ4n) is 2.61. The molecule has 0 saturated heterocycles. The third-order valence-electron chi connectivity index (χ3n) is 3.63. The molecule has 0 radical (unpaired) electrons. The number of esters is 1. The third kappa shape index (κ3) is 4.81. The van der Waals surface area contributed by atoms with Crippen molar-refractivity contribution in [2.75, 3.05) is 20.2 Å². The van der Waals surface area contributed by atoms with Crippen molar-refractivity contribution < 1.29 is 14.3 Å². The van der Waals surface area contributed by atoms with Crippen LogP contribution in [0.25, 0.3) is 0 Å². The SMILES string of the molecule is CCOC(=O)C1=C(CN(C)Cc2ccc(Br)s2)NC(=O)N[C@H]1CC. The minimum atomic E-state index is -0.376. The van der Waals surface area contributed by atoms with Crippen LogP contribution in [0.3, 0.4) is 0 Å². The Morgan fingerprint density at radius 1 is 1.38 bits per heavy atom. The molecule has 0 unspecified atom stereocenters. The molecule has 2 N–H and O–H groups in total. The number of hydrogen-bond donors (Lipinski definition) is 2. The molecule has 1 aromatic rings. The predicted molar refractivity (Wildman–Crippen MR) is 97.8 cm³/mol. The van der Waals surface area contributed by atoms with E-state index in [9.17, 15) is 9.59 Å². The van der Waals surface area contributed by atoms with Crippen molar-refractivity contribution in [3.8, 4) is 0 Å². The summed E-state index contributed by atoms with van der Waals surface area (Å²) in [7, 11) is 1.96. The zero-order chi connectivity index (χ0) is 17.7. The molecule has 1 aliphatic rings. The molecule has 0 bridgehead atoms. The summed E-state index contributed by atoms with van der Waals surface area (Å²) in [5, 5.41) is 5.55. The second kappa shape index (κ2) is 8.64. The van der Waals surface area contributed by atoms with Gasteiger partial charge in [-0.1, -0.05) is 6.92 Å². The zero-order valence-electron chi connectivity index (χ0n) is 14.0. The maximum absolute atomic E-state index is 12.3. The minimum absolute atomic E-state index is 0.280. The topological polar surface area (TPSA) is 70.7 Å². The quantitative estimate of drug-likeness (QED) is 0.671. The molecular weight excluding hydrogens is 394 g/mol. The number of nitrogens with one attached hydrogen (secondary N) is 2. The van der Waals surface area contributed by atoms with E-state index in [4.69, 9.17) is 4.74 Å². The van der Waals surface area contributed by atoms with Crippen molar-refractivity contribution in [1.82, 2.24) is 15.5 Å². The lowest BCUT2D eigenvalue weighted by Gasteiger charge is -2.30. The summed E-state index contributed by atoms with van der Waals surface area (Å²) in [4.78, 5) is 27.5. The first kappa shape index (κ1) is 19.0. The monoisotopic (exact) mass is 415 g/mol. The van der Waals surface area contributed by atoms with Gasteiger partial charge in [0, 0.05) is 23.7 Å². The van der Waals surface area contributed by atoms with Crippen molar-refractivity contribution >= 4 is 39.3 Å². The highest BCUT2D eigenvalue weighted by molar-refractivity contribution is 9.11. The first-order chi connectivity index (χ1) is 11.4. The average molecular weight is 416 g/mol. The van der Waals surface area contributed by atoms with Gasteiger partial charge in [0.2, 0.25) is 0 Å². The lowest BCUT2D eigenvalue weighted by atomic mass is 10.00. The number of carbonyl (C=O) groups excluding carboxylic acids is 2. The van der Waals surface area contributed by atoms with Crippen molar-refractivity contribution in [2.45, 2.75) is 32.9 Å². The van der Waals surface area contributed by atoms with Crippen LogP contribution < -0.4 is 10.6 Å². The summed E-state index contributed by atoms with van der Waals surface area (Å²) in [6.45, 7) is 5.21. The lowest BCUT2D eigenvalue weighted by molar-refractivity contribution is -0.139. The highest BCUT2D eigenvalue weighted by Crippen LogP contribution is 2.24. The van der Waals surface area contributed by atoms with Crippen LogP contribution in [0, 0.1) is 0 Å². The normalized spacial score (nSPS) is 17.7. The molecule has 132 valence electrons. The summed E-state index contributed by atoms with van der Waals surface area (Å²) in [6, 6.07) is 3.47. The maximum Gasteiger partial charge on any atom is 0.337 e. The van der Waals surface area contributed by atoms with E-state index in [0.29, 0.717) is 30.8 Å². The van der Waals surface area contributed by atoms with Crippen LogP contribution in [0.15, 0.2) is 27.2 Å². The van der Waals surface area contributed by atoms with Crippen LogP contribution in [0.5, 0.6) is 0 Å². The van der Waals surface area contributed by atoms with Crippen LogP contribution in [0.1, 0.15) is 25.1 Å². The molecule has 2 heterocycles. The van der Waals surface area contributed by atoms with Crippen LogP contribution in [-0.4, -0.2) is 43.1 Å². The Kier molecular flexibility index (Phi) is 6.82. The Morgan fingerprint density at radius 3 is 2.71 bits per heavy atom. The van der Waals surface area contributed by atoms with Gasteiger partial charge in [0.25, 0.3) is 0 Å². The van der Waals surface area contributed by atoms with Gasteiger partial charge in [0.1, 0.15) is 0 Å². The first-order valence-electron chi connectivity index (χ1n) is 7.85. The molecule has 1 aliphatic heterocycles. The van der Waals surface area contributed by atoms with E-state index in [-0.39, 0.29) is 18.0 Å². The second-order valence-electron chi connectivity index (χ2n) is 5.55. The van der Waals surface area contributed by atoms with Gasteiger partial charge in [-0.05, 0) is 48.5 Å². The van der Waals surface area contributed by atoms with E-state index in [1.54, 1.807) is 18.3 Å². The fourth-order valence-corrected chi connectivity index (χ4v) is 4.18. The standard InChI is InChI=1S/C16H22BrN3O3S/c1-4-11-14(15(21)23-5-2)12(19-16(22)18-11)9-20(3)8-10-6-7-13(17)24-10/h6-7,11H,4-5,8-9H2,1-3H3,(H2,18,19,22)/t11-/m0/s1. The zero-order valence-corrected chi connectivity index (χ0v) is 16.4. The molecular formula is C16H22BrN3O3S. The van der Waals surface area contributed by atoms with Crippen molar-refractivity contribution in [3.05, 3.63) is 32.1 Å². The molecule has 8 heteroatoms. The van der Waals surface area contributed by atoms with E-state index in [1.807, 2.05) is 20.0 Å². The van der Waals surface area contributed by atoms with Gasteiger partial charge in [0.15, 0.2) is 0 Å². The molecule has 2 amide bonds. The maximum atomic E-state index is 12.3. The number of hydrogen-bond acceptors (Lipinski definition) is 5. The van der Waals surface area contributed by atoms with Gasteiger partial charge in [-0.25, -0.2) is 9.59 Å². The number of urea groups is 1. The molecule has 0 saturated carbocycles. The van der Waals surface area contributed by atoms with Gasteiger partial charge in [-0.3, -0.25) is 4.90 Å². The number of thiophene rings is 1. The van der Waals surface area contributed by atoms with Crippen molar-refractivity contribution in [3.63, 3.8) is 0 Å². The fraction of sp³-hybridized carbons (Fsp3) is 0.500. The number of halogens is 1. The molecule has 0 aromatic carbocycles. The Labute approximate surface area is 154 Å². The van der Waals surface area contributed by atoms with Crippen LogP contribution in [0.4, 0.5) is 4.79 Å². The predicted octanol–water partition coefficient (Wildman–Crippen LogP) is 2.85. The Morgan fingerprint density at radius 2 is 2.12 bits per heavy atom. The number of likely N-dealkylation sites (N-methyl/N-ethyl adjacent to an activating group) is 1. The van der Waals surface area contributed by atoms with E-state index < -0.39 is 0 Å². The molecule has 24 heavy (non-hydrogen) atoms. The highest BCUT2D eigenvalue weighted by Gasteiger charge is 2.31. The van der Waals surface area contributed by atoms with Crippen LogP contribution in [-0.2, 0) is 16.1 Å². The number of ether oxygens (including phenoxy) is 1. The third-order valence-corrected chi connectivity index (χ3v) is 5.24. The smallest absolute Gasteiger partial charge is 0.337 e. The van der Waals surface area contributed by atoms with Crippen LogP contribution >= 0.6 is 27.3 Å². The lowest BCUT2D eigenvalue weighted by Crippen LogP contribution is -2.51. The number of rotatable bonds is 7. The van der Waals surface area contributed by atoms with Gasteiger partial charge in [-0.15, -0.1) is 11.3 Å². The number of carbonyl (C=O) groups is 2. The van der Waals surface area contributed by atoms with E-state index in [2.05, 4.69) is 37.5 Å². The second-order valence-corrected chi connectivity index (χ2v) is 8.10. The Hall–Kier alpha value is -1.38. The van der Waals surface area contributed by atoms with Gasteiger partial charge in [-0.2, -0.15) is 0 Å². The minimum Gasteiger partial charge on any atom is -0.463 e. The van der Waals surface area contributed by atoms with Crippen molar-refractivity contribution in [2.24, 2.45) is 0 Å². The van der Waals surface area contributed by atoms with E-state index in [0.717, 1.165) is 10.3 Å². The van der Waals surface area contributed by atoms with E-state index >= 15 is 0 Å². The largest absolute Gasteiger partial charge is 0.463 e. The molecule has 0 spiro atoms. The van der Waals surface area contributed by atoms with Crippen LogP contribution in [0.2, 0.25) is 0 Å². The summed E-state index contributed by atoms with van der Waals surface area (Å²) in [6.07, 6.45) is 0.632. The van der Waals surface area contributed by atoms with Crippen molar-refractivity contribution in [1.29, 1.82) is 0 Å². The van der Waals surface area contributed by atoms with Gasteiger partial charge in [0.05, 0.1) is 22.0 Å². The summed E-state index contributed by atoms with van der Waals surface area (Å²) in [5.41, 5.74) is 1.13.